The Morgan fingerprint density at radius 1 is 1.47 bits per heavy atom. The Bertz CT molecular complexity index is 213. The first kappa shape index (κ1) is 14.5. The van der Waals surface area contributed by atoms with Crippen molar-refractivity contribution in [2.24, 2.45) is 0 Å². The van der Waals surface area contributed by atoms with E-state index in [1.165, 1.54) is 6.08 Å². The van der Waals surface area contributed by atoms with Gasteiger partial charge in [-0.05, 0) is 13.0 Å². The molecular formula is C10H20O4Si. The van der Waals surface area contributed by atoms with Crippen LogP contribution in [-0.2, 0) is 18.1 Å². The zero-order valence-corrected chi connectivity index (χ0v) is 10.9. The van der Waals surface area contributed by atoms with E-state index in [-0.39, 0.29) is 5.78 Å². The van der Waals surface area contributed by atoms with Crippen molar-refractivity contribution < 1.29 is 18.1 Å². The lowest BCUT2D eigenvalue weighted by Gasteiger charge is -2.28. The number of ketones is 1. The summed E-state index contributed by atoms with van der Waals surface area (Å²) in [6.45, 7) is 7.11. The van der Waals surface area contributed by atoms with E-state index in [1.54, 1.807) is 21.1 Å². The van der Waals surface area contributed by atoms with Gasteiger partial charge in [0.2, 0.25) is 0 Å². The van der Waals surface area contributed by atoms with Crippen LogP contribution in [0.25, 0.3) is 0 Å². The Balaban J connectivity index is 4.51. The maximum Gasteiger partial charge on any atom is 0.500 e. The largest absolute Gasteiger partial charge is 0.500 e. The van der Waals surface area contributed by atoms with Gasteiger partial charge in [-0.3, -0.25) is 4.79 Å². The predicted octanol–water partition coefficient (Wildman–Crippen LogP) is 1.79. The van der Waals surface area contributed by atoms with Crippen LogP contribution >= 0.6 is 0 Å². The van der Waals surface area contributed by atoms with Crippen molar-refractivity contribution in [3.63, 3.8) is 0 Å². The molecule has 0 fully saturated rings. The van der Waals surface area contributed by atoms with Crippen LogP contribution in [0.2, 0.25) is 6.04 Å². The van der Waals surface area contributed by atoms with Gasteiger partial charge in [-0.1, -0.05) is 19.9 Å². The molecule has 0 radical (unpaired) electrons. The van der Waals surface area contributed by atoms with Crippen LogP contribution in [0, 0.1) is 0 Å². The van der Waals surface area contributed by atoms with Crippen molar-refractivity contribution in [1.29, 1.82) is 0 Å². The fourth-order valence-electron chi connectivity index (χ4n) is 1.24. The van der Waals surface area contributed by atoms with Gasteiger partial charge in [0, 0.05) is 20.3 Å². The Morgan fingerprint density at radius 2 is 2.00 bits per heavy atom. The molecule has 0 aromatic heterocycles. The molecule has 0 rings (SSSR count). The molecule has 0 aliphatic rings. The highest BCUT2D eigenvalue weighted by atomic mass is 28.4. The molecule has 0 amide bonds. The highest BCUT2D eigenvalue weighted by molar-refractivity contribution is 6.60. The van der Waals surface area contributed by atoms with Gasteiger partial charge < -0.3 is 13.3 Å². The van der Waals surface area contributed by atoms with E-state index in [0.717, 1.165) is 6.42 Å². The molecule has 1 atom stereocenters. The van der Waals surface area contributed by atoms with Gasteiger partial charge >= 0.3 is 8.80 Å². The lowest BCUT2D eigenvalue weighted by atomic mass is 10.3. The summed E-state index contributed by atoms with van der Waals surface area (Å²) in [7, 11) is 0.450. The number of hydrogen-bond acceptors (Lipinski definition) is 4. The van der Waals surface area contributed by atoms with Crippen molar-refractivity contribution in [3.05, 3.63) is 12.7 Å². The van der Waals surface area contributed by atoms with Crippen molar-refractivity contribution in [2.45, 2.75) is 32.4 Å². The first-order valence-electron chi connectivity index (χ1n) is 4.99. The minimum Gasteiger partial charge on any atom is -0.377 e. The predicted molar refractivity (Wildman–Crippen MR) is 60.6 cm³/mol. The molecule has 0 aliphatic carbocycles. The van der Waals surface area contributed by atoms with Gasteiger partial charge in [-0.2, -0.15) is 0 Å². The molecule has 0 heterocycles. The second kappa shape index (κ2) is 6.89. The minimum absolute atomic E-state index is 0.155. The molecule has 0 N–H and O–H groups in total. The Hall–Kier alpha value is -0.493. The number of rotatable bonds is 8. The van der Waals surface area contributed by atoms with Crippen molar-refractivity contribution in [3.8, 4) is 0 Å². The van der Waals surface area contributed by atoms with Crippen LogP contribution in [0.3, 0.4) is 0 Å². The summed E-state index contributed by atoms with van der Waals surface area (Å²) in [4.78, 5) is 11.3. The number of hydrogen-bond donors (Lipinski definition) is 0. The average molecular weight is 232 g/mol. The first-order chi connectivity index (χ1) is 7.05. The quantitative estimate of drug-likeness (QED) is 0.473. The molecule has 1 unspecified atom stereocenters. The molecule has 15 heavy (non-hydrogen) atoms. The highest BCUT2D eigenvalue weighted by Crippen LogP contribution is 2.18. The highest BCUT2D eigenvalue weighted by Gasteiger charge is 2.40. The fourth-order valence-corrected chi connectivity index (χ4v) is 3.39. The third-order valence-electron chi connectivity index (χ3n) is 2.14. The van der Waals surface area contributed by atoms with Crippen LogP contribution in [0.5, 0.6) is 0 Å². The van der Waals surface area contributed by atoms with E-state index in [0.29, 0.717) is 6.04 Å². The second-order valence-corrected chi connectivity index (χ2v) is 6.13. The summed E-state index contributed by atoms with van der Waals surface area (Å²) in [5, 5.41) is 0. The molecule has 0 aromatic carbocycles. The number of carbonyl (C=O) groups is 1. The second-order valence-electron chi connectivity index (χ2n) is 3.21. The molecule has 88 valence electrons. The SMILES string of the molecule is C=CC(=O)C(C)O[Si](CCC)(OC)OC. The zero-order valence-electron chi connectivity index (χ0n) is 9.91. The monoisotopic (exact) mass is 232 g/mol. The normalized spacial score (nSPS) is 13.6. The minimum atomic E-state index is -2.65. The van der Waals surface area contributed by atoms with Gasteiger partial charge in [0.1, 0.15) is 6.10 Å². The van der Waals surface area contributed by atoms with Crippen molar-refractivity contribution in [1.82, 2.24) is 0 Å². The summed E-state index contributed by atoms with van der Waals surface area (Å²) < 4.78 is 16.2. The molecule has 0 bridgehead atoms. The molecule has 5 heteroatoms. The van der Waals surface area contributed by atoms with Crippen molar-refractivity contribution in [2.75, 3.05) is 14.2 Å². The summed E-state index contributed by atoms with van der Waals surface area (Å²) in [6.07, 6.45) is 1.59. The lowest BCUT2D eigenvalue weighted by Crippen LogP contribution is -2.47. The third kappa shape index (κ3) is 4.25. The molecule has 4 nitrogen and oxygen atoms in total. The van der Waals surface area contributed by atoms with Crippen LogP contribution < -0.4 is 0 Å². The Labute approximate surface area is 92.6 Å². The summed E-state index contributed by atoms with van der Waals surface area (Å²) in [5.74, 6) is -0.155. The fraction of sp³-hybridized carbons (Fsp3) is 0.700. The van der Waals surface area contributed by atoms with E-state index in [1.807, 2.05) is 6.92 Å². The molecule has 0 spiro atoms. The van der Waals surface area contributed by atoms with Crippen LogP contribution in [0.1, 0.15) is 20.3 Å². The topological polar surface area (TPSA) is 44.8 Å². The number of carbonyl (C=O) groups excluding carboxylic acids is 1. The summed E-state index contributed by atoms with van der Waals surface area (Å²) in [5.41, 5.74) is 0. The van der Waals surface area contributed by atoms with Crippen molar-refractivity contribution >= 4 is 14.6 Å². The summed E-state index contributed by atoms with van der Waals surface area (Å²) in [6, 6.07) is 0.703. The van der Waals surface area contributed by atoms with E-state index in [9.17, 15) is 4.79 Å². The maximum atomic E-state index is 11.3. The van der Waals surface area contributed by atoms with E-state index in [4.69, 9.17) is 13.3 Å². The van der Waals surface area contributed by atoms with Crippen LogP contribution in [-0.4, -0.2) is 34.9 Å². The van der Waals surface area contributed by atoms with Gasteiger partial charge in [0.15, 0.2) is 5.78 Å². The molecule has 0 aliphatic heterocycles. The van der Waals surface area contributed by atoms with E-state index < -0.39 is 14.9 Å². The average Bonchev–Trinajstić information content (AvgIpc) is 2.27. The van der Waals surface area contributed by atoms with Gasteiger partial charge in [-0.15, -0.1) is 0 Å². The van der Waals surface area contributed by atoms with Crippen LogP contribution in [0.15, 0.2) is 12.7 Å². The van der Waals surface area contributed by atoms with Gasteiger partial charge in [-0.25, -0.2) is 0 Å². The molecule has 0 saturated carbocycles. The standard InChI is InChI=1S/C10H20O4Si/c1-6-8-15(12-4,13-5)14-9(3)10(11)7-2/h7,9H,2,6,8H2,1,3-5H3. The Kier molecular flexibility index (Phi) is 6.67. The first-order valence-corrected chi connectivity index (χ1v) is 6.92. The van der Waals surface area contributed by atoms with E-state index in [2.05, 4.69) is 6.58 Å². The Morgan fingerprint density at radius 3 is 2.33 bits per heavy atom. The molecule has 0 saturated heterocycles. The summed E-state index contributed by atoms with van der Waals surface area (Å²) >= 11 is 0. The van der Waals surface area contributed by atoms with E-state index >= 15 is 0 Å². The third-order valence-corrected chi connectivity index (χ3v) is 5.21. The van der Waals surface area contributed by atoms with Gasteiger partial charge in [0.05, 0.1) is 0 Å². The smallest absolute Gasteiger partial charge is 0.377 e. The molecule has 0 aromatic rings. The maximum absolute atomic E-state index is 11.3. The van der Waals surface area contributed by atoms with Crippen LogP contribution in [0.4, 0.5) is 0 Å². The molecular weight excluding hydrogens is 212 g/mol. The zero-order chi connectivity index (χ0) is 11.9. The lowest BCUT2D eigenvalue weighted by molar-refractivity contribution is -0.122. The van der Waals surface area contributed by atoms with Gasteiger partial charge in [0.25, 0.3) is 0 Å².